The van der Waals surface area contributed by atoms with E-state index in [2.05, 4.69) is 39.4 Å². The van der Waals surface area contributed by atoms with E-state index in [1.807, 2.05) is 24.3 Å². The summed E-state index contributed by atoms with van der Waals surface area (Å²) in [5, 5.41) is 12.7. The van der Waals surface area contributed by atoms with Crippen LogP contribution >= 0.6 is 11.6 Å². The fraction of sp³-hybridized carbons (Fsp3) is 0.400. The van der Waals surface area contributed by atoms with Gasteiger partial charge in [-0.3, -0.25) is 0 Å². The number of benzene rings is 2. The summed E-state index contributed by atoms with van der Waals surface area (Å²) in [4.78, 5) is 4.80. The monoisotopic (exact) mass is 375 g/mol. The number of hydrogen-bond donors (Lipinski definition) is 2. The number of nitrogens with one attached hydrogen (secondary N) is 1. The van der Waals surface area contributed by atoms with E-state index in [1.54, 1.807) is 7.11 Å². The number of anilines is 3. The van der Waals surface area contributed by atoms with Crippen molar-refractivity contribution in [2.45, 2.75) is 6.10 Å². The number of piperazine rings is 1. The molecule has 1 fully saturated rings. The molecule has 2 aromatic carbocycles. The number of rotatable bonds is 7. The molecule has 6 heteroatoms. The minimum Gasteiger partial charge on any atom is -0.497 e. The van der Waals surface area contributed by atoms with Crippen molar-refractivity contribution in [3.63, 3.8) is 0 Å². The second-order valence-corrected chi connectivity index (χ2v) is 6.72. The lowest BCUT2D eigenvalue weighted by Gasteiger charge is -2.37. The van der Waals surface area contributed by atoms with Gasteiger partial charge in [-0.05, 0) is 48.5 Å². The van der Waals surface area contributed by atoms with Gasteiger partial charge in [0.05, 0.1) is 19.1 Å². The number of ether oxygens (including phenoxy) is 1. The number of methoxy groups -OCH3 is 1. The second kappa shape index (κ2) is 9.01. The summed E-state index contributed by atoms with van der Waals surface area (Å²) in [7, 11) is 1.69. The van der Waals surface area contributed by atoms with E-state index >= 15 is 0 Å². The van der Waals surface area contributed by atoms with Crippen molar-refractivity contribution in [2.75, 3.05) is 60.8 Å². The molecule has 1 aliphatic rings. The second-order valence-electron chi connectivity index (χ2n) is 6.41. The molecule has 140 valence electrons. The van der Waals surface area contributed by atoms with Gasteiger partial charge in [0.25, 0.3) is 0 Å². The summed E-state index contributed by atoms with van der Waals surface area (Å²) in [5.41, 5.74) is 3.46. The Bertz CT molecular complexity index is 670. The zero-order valence-electron chi connectivity index (χ0n) is 15.1. The predicted molar refractivity (Wildman–Crippen MR) is 109 cm³/mol. The van der Waals surface area contributed by atoms with E-state index in [4.69, 9.17) is 16.3 Å². The molecular formula is C20H26ClN3O2. The van der Waals surface area contributed by atoms with Crippen LogP contribution < -0.4 is 19.9 Å². The standard InChI is InChI=1S/C20H26ClN3O2/c1-26-20-8-6-18(7-9-20)24-12-10-23(11-13-24)17-4-2-16(3-5-17)22-15-19(25)14-21/h2-9,19,22,25H,10-15H2,1H3. The van der Waals surface area contributed by atoms with Crippen LogP contribution in [0.4, 0.5) is 17.1 Å². The van der Waals surface area contributed by atoms with Gasteiger partial charge in [0.2, 0.25) is 0 Å². The third-order valence-corrected chi connectivity index (χ3v) is 5.03. The Morgan fingerprint density at radius 3 is 1.92 bits per heavy atom. The zero-order chi connectivity index (χ0) is 18.4. The fourth-order valence-electron chi connectivity index (χ4n) is 3.10. The van der Waals surface area contributed by atoms with Crippen LogP contribution in [0.5, 0.6) is 5.75 Å². The molecule has 3 rings (SSSR count). The molecule has 0 aromatic heterocycles. The lowest BCUT2D eigenvalue weighted by Crippen LogP contribution is -2.46. The van der Waals surface area contributed by atoms with E-state index in [-0.39, 0.29) is 5.88 Å². The first-order valence-electron chi connectivity index (χ1n) is 8.91. The summed E-state index contributed by atoms with van der Waals surface area (Å²) >= 11 is 5.61. The van der Waals surface area contributed by atoms with Gasteiger partial charge in [-0.1, -0.05) is 0 Å². The van der Waals surface area contributed by atoms with E-state index in [0.717, 1.165) is 37.6 Å². The van der Waals surface area contributed by atoms with Gasteiger partial charge in [-0.25, -0.2) is 0 Å². The Balaban J connectivity index is 1.52. The average Bonchev–Trinajstić information content (AvgIpc) is 2.72. The maximum Gasteiger partial charge on any atom is 0.119 e. The Morgan fingerprint density at radius 1 is 0.962 bits per heavy atom. The van der Waals surface area contributed by atoms with Crippen LogP contribution in [0.2, 0.25) is 0 Å². The van der Waals surface area contributed by atoms with Gasteiger partial charge < -0.3 is 25.0 Å². The molecule has 1 atom stereocenters. The number of aliphatic hydroxyl groups is 1. The van der Waals surface area contributed by atoms with Crippen molar-refractivity contribution in [2.24, 2.45) is 0 Å². The minimum atomic E-state index is -0.526. The number of alkyl halides is 1. The predicted octanol–water partition coefficient (Wildman–Crippen LogP) is 3.03. The average molecular weight is 376 g/mol. The van der Waals surface area contributed by atoms with Crippen molar-refractivity contribution in [1.29, 1.82) is 0 Å². The fourth-order valence-corrected chi connectivity index (χ4v) is 3.21. The highest BCUT2D eigenvalue weighted by molar-refractivity contribution is 6.18. The van der Waals surface area contributed by atoms with Crippen LogP contribution in [0, 0.1) is 0 Å². The molecule has 0 spiro atoms. The molecular weight excluding hydrogens is 350 g/mol. The summed E-state index contributed by atoms with van der Waals surface area (Å²) in [6.45, 7) is 4.43. The molecule has 5 nitrogen and oxygen atoms in total. The molecule has 0 aliphatic carbocycles. The van der Waals surface area contributed by atoms with Crippen molar-refractivity contribution in [3.8, 4) is 5.75 Å². The number of nitrogens with zero attached hydrogens (tertiary/aromatic N) is 2. The smallest absolute Gasteiger partial charge is 0.119 e. The Morgan fingerprint density at radius 2 is 1.46 bits per heavy atom. The molecule has 1 unspecified atom stereocenters. The number of hydrogen-bond acceptors (Lipinski definition) is 5. The molecule has 2 N–H and O–H groups in total. The van der Waals surface area contributed by atoms with Crippen LogP contribution in [-0.4, -0.2) is 56.9 Å². The Kier molecular flexibility index (Phi) is 6.47. The van der Waals surface area contributed by atoms with Crippen LogP contribution in [0.3, 0.4) is 0 Å². The SMILES string of the molecule is COc1ccc(N2CCN(c3ccc(NCC(O)CCl)cc3)CC2)cc1. The molecule has 0 bridgehead atoms. The Labute approximate surface area is 160 Å². The topological polar surface area (TPSA) is 48.0 Å². The molecule has 26 heavy (non-hydrogen) atoms. The van der Waals surface area contributed by atoms with Crippen LogP contribution in [0.15, 0.2) is 48.5 Å². The van der Waals surface area contributed by atoms with E-state index in [9.17, 15) is 5.11 Å². The van der Waals surface area contributed by atoms with Crippen molar-refractivity contribution in [3.05, 3.63) is 48.5 Å². The molecule has 1 heterocycles. The number of aliphatic hydroxyl groups excluding tert-OH is 1. The largest absolute Gasteiger partial charge is 0.497 e. The highest BCUT2D eigenvalue weighted by atomic mass is 35.5. The first kappa shape index (κ1) is 18.7. The summed E-state index contributed by atoms with van der Waals surface area (Å²) < 4.78 is 5.23. The summed E-state index contributed by atoms with van der Waals surface area (Å²) in [6, 6.07) is 16.6. The van der Waals surface area contributed by atoms with Gasteiger partial charge in [-0.15, -0.1) is 11.6 Å². The summed E-state index contributed by atoms with van der Waals surface area (Å²) in [5.74, 6) is 1.13. The molecule has 0 amide bonds. The zero-order valence-corrected chi connectivity index (χ0v) is 15.8. The molecule has 1 aliphatic heterocycles. The quantitative estimate of drug-likeness (QED) is 0.728. The van der Waals surface area contributed by atoms with Gasteiger partial charge in [-0.2, -0.15) is 0 Å². The van der Waals surface area contributed by atoms with E-state index in [1.165, 1.54) is 11.4 Å². The molecule has 0 radical (unpaired) electrons. The molecule has 0 saturated carbocycles. The summed E-state index contributed by atoms with van der Waals surface area (Å²) in [6.07, 6.45) is -0.526. The first-order valence-corrected chi connectivity index (χ1v) is 9.45. The molecule has 2 aromatic rings. The lowest BCUT2D eigenvalue weighted by molar-refractivity contribution is 0.211. The van der Waals surface area contributed by atoms with Crippen LogP contribution in [-0.2, 0) is 0 Å². The minimum absolute atomic E-state index is 0.240. The normalized spacial score (nSPS) is 15.7. The highest BCUT2D eigenvalue weighted by Gasteiger charge is 2.17. The third kappa shape index (κ3) is 4.74. The third-order valence-electron chi connectivity index (χ3n) is 4.67. The van der Waals surface area contributed by atoms with Gasteiger partial charge in [0.15, 0.2) is 0 Å². The Hall–Kier alpha value is -2.11. The van der Waals surface area contributed by atoms with Crippen molar-refractivity contribution in [1.82, 2.24) is 0 Å². The lowest BCUT2D eigenvalue weighted by atomic mass is 10.2. The van der Waals surface area contributed by atoms with Gasteiger partial charge in [0.1, 0.15) is 5.75 Å². The number of halogens is 1. The van der Waals surface area contributed by atoms with Gasteiger partial charge >= 0.3 is 0 Å². The van der Waals surface area contributed by atoms with E-state index in [0.29, 0.717) is 6.54 Å². The first-order chi connectivity index (χ1) is 12.7. The van der Waals surface area contributed by atoms with Crippen molar-refractivity contribution < 1.29 is 9.84 Å². The highest BCUT2D eigenvalue weighted by Crippen LogP contribution is 2.23. The van der Waals surface area contributed by atoms with Crippen molar-refractivity contribution >= 4 is 28.7 Å². The van der Waals surface area contributed by atoms with Crippen LogP contribution in [0.1, 0.15) is 0 Å². The van der Waals surface area contributed by atoms with E-state index < -0.39 is 6.10 Å². The maximum atomic E-state index is 9.51. The van der Waals surface area contributed by atoms with Gasteiger partial charge in [0, 0.05) is 49.8 Å². The molecule has 1 saturated heterocycles. The van der Waals surface area contributed by atoms with Crippen LogP contribution in [0.25, 0.3) is 0 Å². The maximum absolute atomic E-state index is 9.51.